The van der Waals surface area contributed by atoms with E-state index in [0.29, 0.717) is 26.2 Å². The number of morpholine rings is 1. The zero-order chi connectivity index (χ0) is 24.3. The molecule has 2 fully saturated rings. The van der Waals surface area contributed by atoms with Gasteiger partial charge in [0.25, 0.3) is 0 Å². The number of benzene rings is 1. The molecule has 2 aliphatic rings. The molecule has 0 spiro atoms. The molecule has 33 heavy (non-hydrogen) atoms. The molecule has 3 rings (SSSR count). The largest absolute Gasteiger partial charge is 0.494 e. The highest BCUT2D eigenvalue weighted by Gasteiger charge is 2.52. The summed E-state index contributed by atoms with van der Waals surface area (Å²) in [4.78, 5) is 2.34. The molecular formula is C26H44BNO5. The highest BCUT2D eigenvalue weighted by molar-refractivity contribution is 6.62. The summed E-state index contributed by atoms with van der Waals surface area (Å²) in [5, 5.41) is 11.7. The minimum absolute atomic E-state index is 0.125. The normalized spacial score (nSPS) is 24.2. The summed E-state index contributed by atoms with van der Waals surface area (Å²) in [7, 11) is 1.25. The zero-order valence-electron chi connectivity index (χ0n) is 21.8. The van der Waals surface area contributed by atoms with Gasteiger partial charge in [0, 0.05) is 19.3 Å². The topological polar surface area (TPSA) is 60.4 Å². The Labute approximate surface area is 201 Å². The quantitative estimate of drug-likeness (QED) is 0.420. The van der Waals surface area contributed by atoms with Crippen LogP contribution in [-0.4, -0.2) is 62.9 Å². The van der Waals surface area contributed by atoms with Gasteiger partial charge in [-0.05, 0) is 63.7 Å². The lowest BCUT2D eigenvalue weighted by molar-refractivity contribution is 0.00578. The third-order valence-corrected chi connectivity index (χ3v) is 7.70. The number of rotatable bonds is 10. The predicted octanol–water partition coefficient (Wildman–Crippen LogP) is 4.02. The Bertz CT molecular complexity index is 768. The van der Waals surface area contributed by atoms with Crippen molar-refractivity contribution in [3.05, 3.63) is 23.8 Å². The number of nitrogens with zero attached hydrogens (tertiary/aromatic N) is 1. The lowest BCUT2D eigenvalue weighted by Gasteiger charge is -2.38. The molecular weight excluding hydrogens is 417 g/mol. The van der Waals surface area contributed by atoms with Gasteiger partial charge in [-0.2, -0.15) is 0 Å². The van der Waals surface area contributed by atoms with Crippen LogP contribution in [0.25, 0.3) is 0 Å². The van der Waals surface area contributed by atoms with Crippen LogP contribution in [0.4, 0.5) is 5.69 Å². The Morgan fingerprint density at radius 3 is 2.42 bits per heavy atom. The van der Waals surface area contributed by atoms with Gasteiger partial charge in [0.1, 0.15) is 0 Å². The van der Waals surface area contributed by atoms with Gasteiger partial charge in [-0.25, -0.2) is 0 Å². The van der Waals surface area contributed by atoms with Gasteiger partial charge in [-0.15, -0.1) is 0 Å². The van der Waals surface area contributed by atoms with Crippen molar-refractivity contribution in [1.29, 1.82) is 0 Å². The van der Waals surface area contributed by atoms with Crippen molar-refractivity contribution >= 4 is 18.3 Å². The molecule has 2 heterocycles. The Morgan fingerprint density at radius 2 is 1.82 bits per heavy atom. The van der Waals surface area contributed by atoms with Gasteiger partial charge in [-0.1, -0.05) is 39.2 Å². The van der Waals surface area contributed by atoms with Gasteiger partial charge in [0.2, 0.25) is 0 Å². The summed E-state index contributed by atoms with van der Waals surface area (Å²) in [6.07, 6.45) is 4.65. The maximum atomic E-state index is 11.7. The molecule has 0 aromatic heterocycles. The molecule has 0 bridgehead atoms. The number of ether oxygens (including phenoxy) is 2. The molecule has 0 amide bonds. The SMILES string of the molecule is CCCCC[C@](O)(CC)c1cc(B2OC(C)(C)C(C)(C)O2)cc(N2CCOCC2COC)c1. The summed E-state index contributed by atoms with van der Waals surface area (Å²) in [5.41, 5.74) is 1.22. The first kappa shape index (κ1) is 26.5. The lowest BCUT2D eigenvalue weighted by Crippen LogP contribution is -2.48. The van der Waals surface area contributed by atoms with Crippen molar-refractivity contribution in [2.24, 2.45) is 0 Å². The smallest absolute Gasteiger partial charge is 0.399 e. The first-order valence-corrected chi connectivity index (χ1v) is 12.6. The second-order valence-electron chi connectivity index (χ2n) is 10.6. The summed E-state index contributed by atoms with van der Waals surface area (Å²) in [5.74, 6) is 0. The van der Waals surface area contributed by atoms with E-state index < -0.39 is 23.9 Å². The number of anilines is 1. The van der Waals surface area contributed by atoms with E-state index in [1.807, 2.05) is 0 Å². The molecule has 2 atom stereocenters. The Kier molecular flexibility index (Phi) is 8.55. The average Bonchev–Trinajstić information content (AvgIpc) is 3.01. The number of hydrogen-bond acceptors (Lipinski definition) is 6. The van der Waals surface area contributed by atoms with Crippen molar-refractivity contribution in [2.45, 2.75) is 96.5 Å². The monoisotopic (exact) mass is 461 g/mol. The number of unbranched alkanes of at least 4 members (excludes halogenated alkanes) is 2. The van der Waals surface area contributed by atoms with E-state index in [9.17, 15) is 5.11 Å². The van der Waals surface area contributed by atoms with Crippen LogP contribution in [0.1, 0.15) is 79.2 Å². The number of methoxy groups -OCH3 is 1. The molecule has 1 aromatic rings. The molecule has 0 saturated carbocycles. The van der Waals surface area contributed by atoms with Crippen LogP contribution in [0.3, 0.4) is 0 Å². The molecule has 186 valence electrons. The van der Waals surface area contributed by atoms with Gasteiger partial charge in [-0.3, -0.25) is 0 Å². The summed E-state index contributed by atoms with van der Waals surface area (Å²) in [6.45, 7) is 15.2. The molecule has 7 heteroatoms. The number of hydrogen-bond donors (Lipinski definition) is 1. The standard InChI is InChI=1S/C26H44BNO5/c1-8-10-11-12-26(29,9-2)20-15-21(27-32-24(3,4)25(5,6)33-27)17-22(16-20)28-13-14-31-19-23(28)18-30-7/h15-17,23,29H,8-14,18-19H2,1-7H3/t23?,26-/m1/s1. The van der Waals surface area contributed by atoms with E-state index in [1.54, 1.807) is 7.11 Å². The Morgan fingerprint density at radius 1 is 1.12 bits per heavy atom. The van der Waals surface area contributed by atoms with Crippen LogP contribution in [0, 0.1) is 0 Å². The van der Waals surface area contributed by atoms with Crippen molar-refractivity contribution in [3.8, 4) is 0 Å². The molecule has 6 nitrogen and oxygen atoms in total. The number of aliphatic hydroxyl groups is 1. The Hall–Kier alpha value is -1.12. The molecule has 0 aliphatic carbocycles. The second kappa shape index (κ2) is 10.7. The van der Waals surface area contributed by atoms with Crippen LogP contribution in [0.2, 0.25) is 0 Å². The maximum absolute atomic E-state index is 11.7. The van der Waals surface area contributed by atoms with Gasteiger partial charge in [0.15, 0.2) is 0 Å². The zero-order valence-corrected chi connectivity index (χ0v) is 21.8. The van der Waals surface area contributed by atoms with Crippen molar-refractivity contribution in [2.75, 3.05) is 38.4 Å². The minimum Gasteiger partial charge on any atom is -0.399 e. The fourth-order valence-corrected chi connectivity index (χ4v) is 4.70. The van der Waals surface area contributed by atoms with Crippen molar-refractivity contribution in [1.82, 2.24) is 0 Å². The van der Waals surface area contributed by atoms with E-state index >= 15 is 0 Å². The van der Waals surface area contributed by atoms with Crippen LogP contribution >= 0.6 is 0 Å². The highest BCUT2D eigenvalue weighted by atomic mass is 16.7. The van der Waals surface area contributed by atoms with Crippen LogP contribution in [-0.2, 0) is 24.4 Å². The summed E-state index contributed by atoms with van der Waals surface area (Å²) in [6, 6.07) is 6.52. The predicted molar refractivity (Wildman–Crippen MR) is 134 cm³/mol. The maximum Gasteiger partial charge on any atom is 0.494 e. The first-order valence-electron chi connectivity index (χ1n) is 12.6. The average molecular weight is 461 g/mol. The van der Waals surface area contributed by atoms with E-state index in [2.05, 4.69) is 64.6 Å². The minimum atomic E-state index is -0.882. The van der Waals surface area contributed by atoms with Crippen LogP contribution < -0.4 is 10.4 Å². The van der Waals surface area contributed by atoms with Crippen molar-refractivity contribution in [3.63, 3.8) is 0 Å². The van der Waals surface area contributed by atoms with Crippen molar-refractivity contribution < 1.29 is 23.9 Å². The lowest BCUT2D eigenvalue weighted by atomic mass is 9.75. The molecule has 2 saturated heterocycles. The third-order valence-electron chi connectivity index (χ3n) is 7.70. The van der Waals surface area contributed by atoms with Crippen LogP contribution in [0.15, 0.2) is 18.2 Å². The third kappa shape index (κ3) is 5.76. The second-order valence-corrected chi connectivity index (χ2v) is 10.6. The van der Waals surface area contributed by atoms with Gasteiger partial charge < -0.3 is 28.8 Å². The van der Waals surface area contributed by atoms with E-state index in [4.69, 9.17) is 18.8 Å². The molecule has 0 radical (unpaired) electrons. The highest BCUT2D eigenvalue weighted by Crippen LogP contribution is 2.38. The molecule has 1 N–H and O–H groups in total. The summed E-state index contributed by atoms with van der Waals surface area (Å²) < 4.78 is 24.0. The first-order chi connectivity index (χ1) is 15.6. The van der Waals surface area contributed by atoms with Crippen LogP contribution in [0.5, 0.6) is 0 Å². The van der Waals surface area contributed by atoms with E-state index in [-0.39, 0.29) is 6.04 Å². The van der Waals surface area contributed by atoms with Gasteiger partial charge >= 0.3 is 7.12 Å². The molecule has 2 aliphatic heterocycles. The molecule has 1 unspecified atom stereocenters. The fourth-order valence-electron chi connectivity index (χ4n) is 4.70. The Balaban J connectivity index is 2.04. The fraction of sp³-hybridized carbons (Fsp3) is 0.769. The molecule has 1 aromatic carbocycles. The summed E-state index contributed by atoms with van der Waals surface area (Å²) >= 11 is 0. The van der Waals surface area contributed by atoms with E-state index in [1.165, 1.54) is 0 Å². The van der Waals surface area contributed by atoms with E-state index in [0.717, 1.165) is 48.9 Å². The van der Waals surface area contributed by atoms with Gasteiger partial charge in [0.05, 0.1) is 42.7 Å².